The number of hydrogen-bond acceptors (Lipinski definition) is 15. The summed E-state index contributed by atoms with van der Waals surface area (Å²) in [6.45, 7) is 14.2. The number of ether oxygens (including phenoxy) is 4. The Morgan fingerprint density at radius 3 is 0.747 bits per heavy atom. The SMILES string of the molecule is CCC(C)CCCCCCCCCCC(=O)OC[C@H](COP(=O)(O)OC[C@H](O)COP(=O)(O)OC[C@@H](COC(=O)CCCCCCCCCCCCCC(C)C)OC(=O)CCCCCCCCCCCCCCCC(C)C)OC(=O)CCCCCCCCCCCCC(C)C. The number of esters is 4. The molecule has 0 aromatic heterocycles. The van der Waals surface area contributed by atoms with Gasteiger partial charge in [0.2, 0.25) is 0 Å². The van der Waals surface area contributed by atoms with E-state index in [0.717, 1.165) is 114 Å². The second-order valence-electron chi connectivity index (χ2n) is 29.1. The molecule has 0 aromatic rings. The van der Waals surface area contributed by atoms with E-state index >= 15 is 0 Å². The number of rotatable bonds is 73. The van der Waals surface area contributed by atoms with Gasteiger partial charge in [0, 0.05) is 25.7 Å². The summed E-state index contributed by atoms with van der Waals surface area (Å²) in [5.74, 6) is 0.967. The molecule has 0 radical (unpaired) electrons. The molecular weight excluding hydrogens is 1250 g/mol. The minimum atomic E-state index is -4.96. The number of aliphatic hydroxyl groups is 1. The van der Waals surface area contributed by atoms with Crippen LogP contribution in [0.5, 0.6) is 0 Å². The average Bonchev–Trinajstić information content (AvgIpc) is 1.48. The number of phosphoric ester groups is 2. The zero-order chi connectivity index (χ0) is 70.3. The summed E-state index contributed by atoms with van der Waals surface area (Å²) in [6, 6.07) is 0. The highest BCUT2D eigenvalue weighted by atomic mass is 31.2. The predicted molar refractivity (Wildman–Crippen MR) is 386 cm³/mol. The standard InChI is InChI=1S/C76H148O17P2/c1-9-69(8)55-47-39-31-26-27-33-41-49-57-74(79)87-63-72(93-76(81)59-51-43-35-25-19-18-22-30-38-46-54-68(6)7)65-91-95(84,85)89-61-70(77)60-88-94(82,83)90-64-71(62-86-73(78)56-48-40-32-23-17-13-15-21-29-37-45-53-67(4)5)92-75(80)58-50-42-34-24-16-12-10-11-14-20-28-36-44-52-66(2)3/h66-72,77H,9-65H2,1-8H3,(H,82,83)(H,84,85)/t69?,70-,71-,72-/m1/s1. The van der Waals surface area contributed by atoms with E-state index in [1.165, 1.54) is 186 Å². The fourth-order valence-corrected chi connectivity index (χ4v) is 13.1. The van der Waals surface area contributed by atoms with Crippen LogP contribution in [0.1, 0.15) is 383 Å². The van der Waals surface area contributed by atoms with Crippen LogP contribution in [-0.2, 0) is 65.4 Å². The molecule has 0 saturated heterocycles. The van der Waals surface area contributed by atoms with E-state index in [2.05, 4.69) is 55.4 Å². The molecule has 0 heterocycles. The first kappa shape index (κ1) is 93.1. The van der Waals surface area contributed by atoms with Gasteiger partial charge in [-0.15, -0.1) is 0 Å². The lowest BCUT2D eigenvalue weighted by molar-refractivity contribution is -0.161. The Morgan fingerprint density at radius 1 is 0.295 bits per heavy atom. The van der Waals surface area contributed by atoms with Gasteiger partial charge >= 0.3 is 39.5 Å². The molecule has 3 unspecified atom stereocenters. The van der Waals surface area contributed by atoms with Crippen molar-refractivity contribution in [2.24, 2.45) is 23.7 Å². The van der Waals surface area contributed by atoms with Crippen LogP contribution in [0.25, 0.3) is 0 Å². The fraction of sp³-hybridized carbons (Fsp3) is 0.947. The van der Waals surface area contributed by atoms with Crippen molar-refractivity contribution in [1.82, 2.24) is 0 Å². The summed E-state index contributed by atoms with van der Waals surface area (Å²) in [5, 5.41) is 10.6. The zero-order valence-corrected chi connectivity index (χ0v) is 64.1. The highest BCUT2D eigenvalue weighted by Gasteiger charge is 2.30. The Labute approximate surface area is 581 Å². The van der Waals surface area contributed by atoms with E-state index in [1.807, 2.05) is 0 Å². The molecule has 0 aliphatic rings. The molecule has 0 saturated carbocycles. The molecule has 0 amide bonds. The fourth-order valence-electron chi connectivity index (χ4n) is 11.5. The second kappa shape index (κ2) is 65.4. The molecule has 0 aliphatic carbocycles. The van der Waals surface area contributed by atoms with Crippen LogP contribution >= 0.6 is 15.6 Å². The predicted octanol–water partition coefficient (Wildman–Crippen LogP) is 22.0. The molecule has 3 N–H and O–H groups in total. The third-order valence-electron chi connectivity index (χ3n) is 17.9. The third-order valence-corrected chi connectivity index (χ3v) is 19.8. The van der Waals surface area contributed by atoms with E-state index in [0.29, 0.717) is 25.7 Å². The Hall–Kier alpha value is -1.94. The molecule has 17 nitrogen and oxygen atoms in total. The number of phosphoric acid groups is 2. The summed E-state index contributed by atoms with van der Waals surface area (Å²) in [5.41, 5.74) is 0. The topological polar surface area (TPSA) is 237 Å². The lowest BCUT2D eigenvalue weighted by atomic mass is 9.99. The molecule has 19 heteroatoms. The van der Waals surface area contributed by atoms with Crippen molar-refractivity contribution in [3.63, 3.8) is 0 Å². The molecule has 0 spiro atoms. The van der Waals surface area contributed by atoms with E-state index in [1.54, 1.807) is 0 Å². The van der Waals surface area contributed by atoms with Gasteiger partial charge in [-0.25, -0.2) is 9.13 Å². The maximum absolute atomic E-state index is 13.1. The maximum atomic E-state index is 13.1. The lowest BCUT2D eigenvalue weighted by Crippen LogP contribution is -2.30. The molecule has 0 fully saturated rings. The Bertz CT molecular complexity index is 1870. The van der Waals surface area contributed by atoms with Crippen LogP contribution in [0.4, 0.5) is 0 Å². The highest BCUT2D eigenvalue weighted by molar-refractivity contribution is 7.47. The van der Waals surface area contributed by atoms with E-state index in [9.17, 15) is 43.2 Å². The summed E-state index contributed by atoms with van der Waals surface area (Å²) in [6.07, 6.45) is 49.8. The molecular formula is C76H148O17P2. The Morgan fingerprint density at radius 2 is 0.505 bits per heavy atom. The smallest absolute Gasteiger partial charge is 0.462 e. The zero-order valence-electron chi connectivity index (χ0n) is 62.3. The van der Waals surface area contributed by atoms with Gasteiger partial charge in [0.1, 0.15) is 19.3 Å². The van der Waals surface area contributed by atoms with Crippen LogP contribution < -0.4 is 0 Å². The van der Waals surface area contributed by atoms with Crippen molar-refractivity contribution >= 4 is 39.5 Å². The lowest BCUT2D eigenvalue weighted by Gasteiger charge is -2.21. The molecule has 6 atom stereocenters. The monoisotopic (exact) mass is 1400 g/mol. The van der Waals surface area contributed by atoms with Crippen LogP contribution in [0.3, 0.4) is 0 Å². The van der Waals surface area contributed by atoms with Crippen LogP contribution in [0.2, 0.25) is 0 Å². The first-order chi connectivity index (χ1) is 45.6. The average molecular weight is 1400 g/mol. The number of carbonyl (C=O) groups is 4. The molecule has 0 aliphatic heterocycles. The van der Waals surface area contributed by atoms with Crippen molar-refractivity contribution in [3.05, 3.63) is 0 Å². The highest BCUT2D eigenvalue weighted by Crippen LogP contribution is 2.45. The summed E-state index contributed by atoms with van der Waals surface area (Å²) >= 11 is 0. The van der Waals surface area contributed by atoms with Gasteiger partial charge < -0.3 is 33.8 Å². The number of unbranched alkanes of at least 4 members (excludes halogenated alkanes) is 38. The quantitative estimate of drug-likeness (QED) is 0.0222. The van der Waals surface area contributed by atoms with Crippen molar-refractivity contribution < 1.29 is 80.2 Å². The number of carbonyl (C=O) groups excluding carboxylic acids is 4. The molecule has 95 heavy (non-hydrogen) atoms. The largest absolute Gasteiger partial charge is 0.472 e. The van der Waals surface area contributed by atoms with Crippen LogP contribution in [0, 0.1) is 23.7 Å². The van der Waals surface area contributed by atoms with E-state index in [4.69, 9.17) is 37.0 Å². The van der Waals surface area contributed by atoms with Gasteiger partial charge in [0.15, 0.2) is 12.2 Å². The summed E-state index contributed by atoms with van der Waals surface area (Å²) < 4.78 is 68.6. The van der Waals surface area contributed by atoms with Crippen molar-refractivity contribution in [2.75, 3.05) is 39.6 Å². The first-order valence-electron chi connectivity index (χ1n) is 39.2. The van der Waals surface area contributed by atoms with Gasteiger partial charge in [0.05, 0.1) is 26.4 Å². The Balaban J connectivity index is 5.28. The van der Waals surface area contributed by atoms with E-state index < -0.39 is 97.5 Å². The summed E-state index contributed by atoms with van der Waals surface area (Å²) in [4.78, 5) is 72.9. The molecule has 0 bridgehead atoms. The van der Waals surface area contributed by atoms with Gasteiger partial charge in [-0.3, -0.25) is 37.3 Å². The van der Waals surface area contributed by atoms with Gasteiger partial charge in [-0.1, -0.05) is 331 Å². The van der Waals surface area contributed by atoms with Crippen LogP contribution in [0.15, 0.2) is 0 Å². The van der Waals surface area contributed by atoms with E-state index in [-0.39, 0.29) is 25.7 Å². The Kier molecular flexibility index (Phi) is 64.0. The summed E-state index contributed by atoms with van der Waals surface area (Å²) in [7, 11) is -9.92. The third kappa shape index (κ3) is 69.0. The molecule has 0 aromatic carbocycles. The molecule has 0 rings (SSSR count). The minimum absolute atomic E-state index is 0.105. The van der Waals surface area contributed by atoms with Crippen LogP contribution in [-0.4, -0.2) is 96.7 Å². The number of hydrogen-bond donors (Lipinski definition) is 3. The van der Waals surface area contributed by atoms with Crippen molar-refractivity contribution in [2.45, 2.75) is 401 Å². The van der Waals surface area contributed by atoms with Gasteiger partial charge in [0.25, 0.3) is 0 Å². The van der Waals surface area contributed by atoms with Crippen molar-refractivity contribution in [1.29, 1.82) is 0 Å². The van der Waals surface area contributed by atoms with Gasteiger partial charge in [-0.05, 0) is 49.4 Å². The normalized spacial score (nSPS) is 14.4. The second-order valence-corrected chi connectivity index (χ2v) is 32.0. The van der Waals surface area contributed by atoms with Gasteiger partial charge in [-0.2, -0.15) is 0 Å². The van der Waals surface area contributed by atoms with Crippen molar-refractivity contribution in [3.8, 4) is 0 Å². The first-order valence-corrected chi connectivity index (χ1v) is 42.2. The minimum Gasteiger partial charge on any atom is -0.462 e. The number of aliphatic hydroxyl groups excluding tert-OH is 1. The molecule has 564 valence electrons. The maximum Gasteiger partial charge on any atom is 0.472 e.